The van der Waals surface area contributed by atoms with Crippen molar-refractivity contribution in [3.63, 3.8) is 0 Å². The van der Waals surface area contributed by atoms with Gasteiger partial charge in [-0.05, 0) is 6.92 Å². The van der Waals surface area contributed by atoms with Gasteiger partial charge in [0.1, 0.15) is 0 Å². The monoisotopic (exact) mass is 139 g/mol. The van der Waals surface area contributed by atoms with Gasteiger partial charge in [0.2, 0.25) is 0 Å². The van der Waals surface area contributed by atoms with E-state index in [4.69, 9.17) is 5.73 Å². The molecule has 1 aliphatic carbocycles. The molecule has 10 heavy (non-hydrogen) atoms. The Morgan fingerprint density at radius 1 is 1.40 bits per heavy atom. The standard InChI is InChI=1S/C8H13NO/c1-6(9)8(10)7-4-2-3-5-7/h2-8,10H,9H2,1H3/t6-,8-/m0/s1. The lowest BCUT2D eigenvalue weighted by molar-refractivity contribution is 0.127. The van der Waals surface area contributed by atoms with E-state index in [1.807, 2.05) is 31.2 Å². The van der Waals surface area contributed by atoms with Gasteiger partial charge in [0, 0.05) is 12.0 Å². The van der Waals surface area contributed by atoms with Crippen LogP contribution in [0.3, 0.4) is 0 Å². The number of aliphatic hydroxyl groups excluding tert-OH is 1. The number of aliphatic hydroxyl groups is 1. The minimum absolute atomic E-state index is 0.125. The highest BCUT2D eigenvalue weighted by Gasteiger charge is 2.18. The van der Waals surface area contributed by atoms with Gasteiger partial charge in [-0.1, -0.05) is 24.3 Å². The average molecular weight is 139 g/mol. The number of nitrogens with two attached hydrogens (primary N) is 1. The summed E-state index contributed by atoms with van der Waals surface area (Å²) in [5.74, 6) is 0.125. The predicted molar refractivity (Wildman–Crippen MR) is 41.4 cm³/mol. The molecule has 0 saturated heterocycles. The fourth-order valence-electron chi connectivity index (χ4n) is 1.03. The smallest absolute Gasteiger partial charge is 0.0785 e. The Bertz CT molecular complexity index is 149. The van der Waals surface area contributed by atoms with Crippen LogP contribution in [0.5, 0.6) is 0 Å². The lowest BCUT2D eigenvalue weighted by atomic mass is 9.99. The molecule has 0 spiro atoms. The lowest BCUT2D eigenvalue weighted by Crippen LogP contribution is -2.35. The fraction of sp³-hybridized carbons (Fsp3) is 0.500. The fourth-order valence-corrected chi connectivity index (χ4v) is 1.03. The van der Waals surface area contributed by atoms with Gasteiger partial charge < -0.3 is 10.8 Å². The molecule has 0 aromatic carbocycles. The van der Waals surface area contributed by atoms with Gasteiger partial charge in [-0.3, -0.25) is 0 Å². The molecular weight excluding hydrogens is 126 g/mol. The highest BCUT2D eigenvalue weighted by Crippen LogP contribution is 2.14. The lowest BCUT2D eigenvalue weighted by Gasteiger charge is -2.17. The molecule has 0 aliphatic heterocycles. The topological polar surface area (TPSA) is 46.2 Å². The Morgan fingerprint density at radius 2 is 1.90 bits per heavy atom. The van der Waals surface area contributed by atoms with Crippen molar-refractivity contribution in [3.05, 3.63) is 24.3 Å². The normalized spacial score (nSPS) is 23.5. The van der Waals surface area contributed by atoms with Crippen molar-refractivity contribution in [2.75, 3.05) is 0 Å². The summed E-state index contributed by atoms with van der Waals surface area (Å²) in [5.41, 5.74) is 5.50. The average Bonchev–Trinajstić information content (AvgIpc) is 2.36. The van der Waals surface area contributed by atoms with Crippen LogP contribution >= 0.6 is 0 Å². The van der Waals surface area contributed by atoms with E-state index >= 15 is 0 Å². The van der Waals surface area contributed by atoms with Crippen LogP contribution in [0, 0.1) is 5.92 Å². The molecule has 56 valence electrons. The summed E-state index contributed by atoms with van der Waals surface area (Å²) in [7, 11) is 0. The number of hydrogen-bond donors (Lipinski definition) is 2. The van der Waals surface area contributed by atoms with Crippen LogP contribution in [0.25, 0.3) is 0 Å². The third-order valence-corrected chi connectivity index (χ3v) is 1.71. The van der Waals surface area contributed by atoms with E-state index in [9.17, 15) is 5.11 Å². The summed E-state index contributed by atoms with van der Waals surface area (Å²) in [5, 5.41) is 9.40. The Morgan fingerprint density at radius 3 is 2.30 bits per heavy atom. The largest absolute Gasteiger partial charge is 0.391 e. The molecule has 0 bridgehead atoms. The highest BCUT2D eigenvalue weighted by molar-refractivity contribution is 5.19. The molecule has 1 aliphatic rings. The maximum absolute atomic E-state index is 9.40. The minimum atomic E-state index is -0.435. The van der Waals surface area contributed by atoms with Crippen LogP contribution in [-0.4, -0.2) is 17.3 Å². The van der Waals surface area contributed by atoms with E-state index in [-0.39, 0.29) is 12.0 Å². The van der Waals surface area contributed by atoms with E-state index in [1.165, 1.54) is 0 Å². The van der Waals surface area contributed by atoms with Crippen molar-refractivity contribution >= 4 is 0 Å². The van der Waals surface area contributed by atoms with Crippen molar-refractivity contribution in [1.29, 1.82) is 0 Å². The molecule has 0 heterocycles. The molecule has 0 aromatic heterocycles. The van der Waals surface area contributed by atoms with Gasteiger partial charge >= 0.3 is 0 Å². The van der Waals surface area contributed by atoms with Gasteiger partial charge in [0.25, 0.3) is 0 Å². The first-order chi connectivity index (χ1) is 4.72. The van der Waals surface area contributed by atoms with Crippen molar-refractivity contribution < 1.29 is 5.11 Å². The zero-order valence-corrected chi connectivity index (χ0v) is 6.07. The zero-order valence-electron chi connectivity index (χ0n) is 6.07. The Labute approximate surface area is 61.0 Å². The van der Waals surface area contributed by atoms with Crippen LogP contribution in [0.15, 0.2) is 24.3 Å². The Hall–Kier alpha value is -0.600. The highest BCUT2D eigenvalue weighted by atomic mass is 16.3. The maximum atomic E-state index is 9.40. The van der Waals surface area contributed by atoms with E-state index in [0.29, 0.717) is 0 Å². The number of allylic oxidation sites excluding steroid dienone is 2. The molecule has 1 rings (SSSR count). The van der Waals surface area contributed by atoms with Gasteiger partial charge in [-0.2, -0.15) is 0 Å². The minimum Gasteiger partial charge on any atom is -0.391 e. The molecule has 0 amide bonds. The predicted octanol–water partition coefficient (Wildman–Crippen LogP) is 0.437. The molecule has 0 saturated carbocycles. The second-order valence-electron chi connectivity index (χ2n) is 2.70. The van der Waals surface area contributed by atoms with Gasteiger partial charge in [-0.25, -0.2) is 0 Å². The van der Waals surface area contributed by atoms with Gasteiger partial charge in [0.05, 0.1) is 6.10 Å². The summed E-state index contributed by atoms with van der Waals surface area (Å²) in [6, 6.07) is -0.155. The summed E-state index contributed by atoms with van der Waals surface area (Å²) < 4.78 is 0. The van der Waals surface area contributed by atoms with E-state index in [1.54, 1.807) is 0 Å². The number of rotatable bonds is 2. The van der Waals surface area contributed by atoms with E-state index in [0.717, 1.165) is 0 Å². The Kier molecular flexibility index (Phi) is 2.25. The van der Waals surface area contributed by atoms with Crippen LogP contribution in [-0.2, 0) is 0 Å². The second-order valence-corrected chi connectivity index (χ2v) is 2.70. The first-order valence-corrected chi connectivity index (χ1v) is 3.50. The van der Waals surface area contributed by atoms with Crippen molar-refractivity contribution in [2.24, 2.45) is 11.7 Å². The third kappa shape index (κ3) is 1.46. The summed E-state index contributed by atoms with van der Waals surface area (Å²) in [4.78, 5) is 0. The first-order valence-electron chi connectivity index (χ1n) is 3.50. The molecule has 2 heteroatoms. The van der Waals surface area contributed by atoms with Crippen LogP contribution < -0.4 is 5.73 Å². The van der Waals surface area contributed by atoms with E-state index < -0.39 is 6.10 Å². The van der Waals surface area contributed by atoms with Crippen molar-refractivity contribution in [2.45, 2.75) is 19.1 Å². The first kappa shape index (κ1) is 7.51. The molecule has 0 radical (unpaired) electrons. The van der Waals surface area contributed by atoms with Gasteiger partial charge in [-0.15, -0.1) is 0 Å². The van der Waals surface area contributed by atoms with Crippen LogP contribution in [0.2, 0.25) is 0 Å². The van der Waals surface area contributed by atoms with Crippen molar-refractivity contribution in [3.8, 4) is 0 Å². The second kappa shape index (κ2) is 2.99. The summed E-state index contributed by atoms with van der Waals surface area (Å²) in [6.07, 6.45) is 7.32. The van der Waals surface area contributed by atoms with Crippen LogP contribution in [0.4, 0.5) is 0 Å². The molecular formula is C8H13NO. The van der Waals surface area contributed by atoms with Crippen LogP contribution in [0.1, 0.15) is 6.92 Å². The molecule has 3 N–H and O–H groups in total. The SMILES string of the molecule is C[C@H](N)[C@H](O)C1C=CC=C1. The van der Waals surface area contributed by atoms with Crippen molar-refractivity contribution in [1.82, 2.24) is 0 Å². The number of hydrogen-bond acceptors (Lipinski definition) is 2. The molecule has 0 unspecified atom stereocenters. The third-order valence-electron chi connectivity index (χ3n) is 1.71. The Balaban J connectivity index is 2.49. The zero-order chi connectivity index (χ0) is 7.56. The van der Waals surface area contributed by atoms with Gasteiger partial charge in [0.15, 0.2) is 0 Å². The molecule has 0 aromatic rings. The molecule has 0 fully saturated rings. The molecule has 2 nitrogen and oxygen atoms in total. The summed E-state index contributed by atoms with van der Waals surface area (Å²) >= 11 is 0. The maximum Gasteiger partial charge on any atom is 0.0785 e. The molecule has 2 atom stereocenters. The van der Waals surface area contributed by atoms with E-state index in [2.05, 4.69) is 0 Å². The summed E-state index contributed by atoms with van der Waals surface area (Å²) in [6.45, 7) is 1.81. The quantitative estimate of drug-likeness (QED) is 0.583.